The van der Waals surface area contributed by atoms with Crippen LogP contribution in [0.25, 0.3) is 0 Å². The van der Waals surface area contributed by atoms with E-state index in [0.29, 0.717) is 12.8 Å². The highest BCUT2D eigenvalue weighted by atomic mass is 31.2. The van der Waals surface area contributed by atoms with Crippen molar-refractivity contribution in [3.63, 3.8) is 0 Å². The molecule has 0 aromatic heterocycles. The van der Waals surface area contributed by atoms with E-state index in [-0.39, 0.29) is 32.6 Å². The van der Waals surface area contributed by atoms with Crippen LogP contribution in [-0.2, 0) is 32.7 Å². The van der Waals surface area contributed by atoms with Crippen LogP contribution in [0.1, 0.15) is 194 Å². The summed E-state index contributed by atoms with van der Waals surface area (Å²) in [5, 5.41) is 0. The number of nitrogens with two attached hydrogens (primary N) is 1. The third-order valence-corrected chi connectivity index (χ3v) is 11.7. The van der Waals surface area contributed by atoms with Gasteiger partial charge in [-0.3, -0.25) is 18.6 Å². The fraction of sp³-hybridized carbons (Fsp3) is 0.574. The molecule has 0 saturated carbocycles. The number of ether oxygens (including phenoxy) is 2. The van der Waals surface area contributed by atoms with Gasteiger partial charge in [-0.1, -0.05) is 211 Å². The van der Waals surface area contributed by atoms with Gasteiger partial charge < -0.3 is 20.1 Å². The lowest BCUT2D eigenvalue weighted by atomic mass is 10.1. The molecular weight excluding hydrogens is 906 g/mol. The Bertz CT molecular complexity index is 1660. The number of allylic oxidation sites excluding steroid dienone is 24. The molecular formula is C61H98NO8P. The van der Waals surface area contributed by atoms with Gasteiger partial charge in [0.05, 0.1) is 13.2 Å². The van der Waals surface area contributed by atoms with Crippen molar-refractivity contribution in [2.24, 2.45) is 5.73 Å². The number of rotatable bonds is 49. The molecule has 71 heavy (non-hydrogen) atoms. The van der Waals surface area contributed by atoms with Crippen LogP contribution in [0.2, 0.25) is 0 Å². The summed E-state index contributed by atoms with van der Waals surface area (Å²) < 4.78 is 33.0. The summed E-state index contributed by atoms with van der Waals surface area (Å²) in [7, 11) is -4.41. The second-order valence-corrected chi connectivity index (χ2v) is 18.8. The van der Waals surface area contributed by atoms with Gasteiger partial charge in [0.15, 0.2) is 6.10 Å². The Morgan fingerprint density at radius 1 is 0.423 bits per heavy atom. The van der Waals surface area contributed by atoms with Crippen LogP contribution in [-0.4, -0.2) is 49.3 Å². The molecule has 3 N–H and O–H groups in total. The van der Waals surface area contributed by atoms with E-state index in [1.807, 2.05) is 0 Å². The van der Waals surface area contributed by atoms with E-state index < -0.39 is 32.5 Å². The molecule has 9 nitrogen and oxygen atoms in total. The molecule has 0 aromatic carbocycles. The number of esters is 2. The van der Waals surface area contributed by atoms with E-state index >= 15 is 0 Å². The summed E-state index contributed by atoms with van der Waals surface area (Å²) in [6, 6.07) is 0. The first-order chi connectivity index (χ1) is 34.8. The van der Waals surface area contributed by atoms with Gasteiger partial charge in [-0.25, -0.2) is 4.57 Å². The summed E-state index contributed by atoms with van der Waals surface area (Å²) >= 11 is 0. The Labute approximate surface area is 433 Å². The van der Waals surface area contributed by atoms with Crippen LogP contribution >= 0.6 is 7.82 Å². The minimum atomic E-state index is -4.41. The summed E-state index contributed by atoms with van der Waals surface area (Å²) in [5.74, 6) is -0.876. The Balaban J connectivity index is 4.13. The highest BCUT2D eigenvalue weighted by Crippen LogP contribution is 2.43. The quantitative estimate of drug-likeness (QED) is 0.0264. The molecule has 10 heteroatoms. The molecule has 0 heterocycles. The SMILES string of the molecule is CC/C=C\C/C=C\C/C=C\C/C=C\C/C=C\C/C=C\C/C=C\CCCCCCCCCC(=O)OC(COC(=O)CCCCCCC/C=C\C/C=C\C/C=C\C/C=C\C/C=C\CC)COP(=O)(O)OCCN. The van der Waals surface area contributed by atoms with Gasteiger partial charge in [0, 0.05) is 19.4 Å². The van der Waals surface area contributed by atoms with Gasteiger partial charge in [-0.05, 0) is 116 Å². The zero-order valence-corrected chi connectivity index (χ0v) is 45.3. The molecule has 2 unspecified atom stereocenters. The summed E-state index contributed by atoms with van der Waals surface area (Å²) in [6.07, 6.45) is 78.8. The van der Waals surface area contributed by atoms with Crippen molar-refractivity contribution >= 4 is 19.8 Å². The zero-order chi connectivity index (χ0) is 51.7. The van der Waals surface area contributed by atoms with Crippen LogP contribution in [0.4, 0.5) is 0 Å². The second-order valence-electron chi connectivity index (χ2n) is 17.3. The fourth-order valence-electron chi connectivity index (χ4n) is 6.76. The first kappa shape index (κ1) is 66.9. The Morgan fingerprint density at radius 2 is 0.732 bits per heavy atom. The standard InChI is InChI=1S/C61H98NO8P/c1-3-5-7-9-11-13-15-17-19-21-23-25-26-27-28-29-30-31-32-34-36-38-40-42-44-46-48-50-52-54-61(64)70-59(58-69-71(65,66)68-56-55-62)57-67-60(63)53-51-49-47-45-43-41-39-37-35-33-24-22-20-18-16-14-12-10-8-6-4-2/h5-8,11-14,17-20,23-25,27-28,30-31,33-34,36-37,39,59H,3-4,9-10,15-16,21-22,26,29,32,35,38,40-58,62H2,1-2H3,(H,65,66)/b7-5-,8-6-,13-11-,14-12-,19-17-,20-18-,25-23-,28-27-,31-30-,33-24-,36-34-,39-37-. The number of carbonyl (C=O) groups excluding carboxylic acids is 2. The molecule has 0 aliphatic rings. The molecule has 0 rings (SSSR count). The molecule has 0 amide bonds. The van der Waals surface area contributed by atoms with Crippen molar-refractivity contribution in [3.8, 4) is 0 Å². The number of carbonyl (C=O) groups is 2. The van der Waals surface area contributed by atoms with Gasteiger partial charge in [0.1, 0.15) is 6.61 Å². The highest BCUT2D eigenvalue weighted by molar-refractivity contribution is 7.47. The van der Waals surface area contributed by atoms with Gasteiger partial charge in [-0.2, -0.15) is 0 Å². The lowest BCUT2D eigenvalue weighted by molar-refractivity contribution is -0.161. The zero-order valence-electron chi connectivity index (χ0n) is 44.4. The minimum absolute atomic E-state index is 0.0396. The molecule has 400 valence electrons. The number of phosphoric ester groups is 1. The third-order valence-electron chi connectivity index (χ3n) is 10.7. The number of unbranched alkanes of at least 4 members (excludes halogenated alkanes) is 12. The predicted molar refractivity (Wildman–Crippen MR) is 302 cm³/mol. The van der Waals surface area contributed by atoms with Crippen LogP contribution in [0.3, 0.4) is 0 Å². The highest BCUT2D eigenvalue weighted by Gasteiger charge is 2.26. The molecule has 0 fully saturated rings. The van der Waals surface area contributed by atoms with Crippen LogP contribution in [0, 0.1) is 0 Å². The lowest BCUT2D eigenvalue weighted by Crippen LogP contribution is -2.29. The Morgan fingerprint density at radius 3 is 1.08 bits per heavy atom. The van der Waals surface area contributed by atoms with Gasteiger partial charge in [0.2, 0.25) is 0 Å². The van der Waals surface area contributed by atoms with Crippen LogP contribution < -0.4 is 5.73 Å². The molecule has 0 aromatic rings. The van der Waals surface area contributed by atoms with Crippen LogP contribution in [0.15, 0.2) is 146 Å². The maximum absolute atomic E-state index is 12.7. The van der Waals surface area contributed by atoms with Crippen molar-refractivity contribution in [3.05, 3.63) is 146 Å². The summed E-state index contributed by atoms with van der Waals surface area (Å²) in [6.45, 7) is 3.45. The molecule has 0 saturated heterocycles. The molecule has 0 aliphatic heterocycles. The number of hydrogen-bond donors (Lipinski definition) is 2. The average Bonchev–Trinajstić information content (AvgIpc) is 3.36. The fourth-order valence-corrected chi connectivity index (χ4v) is 7.52. The molecule has 0 bridgehead atoms. The largest absolute Gasteiger partial charge is 0.472 e. The van der Waals surface area contributed by atoms with E-state index in [2.05, 4.69) is 160 Å². The van der Waals surface area contributed by atoms with E-state index in [4.69, 9.17) is 24.3 Å². The van der Waals surface area contributed by atoms with Crippen molar-refractivity contribution < 1.29 is 37.6 Å². The third kappa shape index (κ3) is 55.1. The molecule has 0 spiro atoms. The van der Waals surface area contributed by atoms with Crippen molar-refractivity contribution in [2.45, 2.75) is 200 Å². The Hall–Kier alpha value is -4.11. The predicted octanol–water partition coefficient (Wildman–Crippen LogP) is 17.2. The van der Waals surface area contributed by atoms with Crippen molar-refractivity contribution in [2.75, 3.05) is 26.4 Å². The summed E-state index contributed by atoms with van der Waals surface area (Å²) in [5.41, 5.74) is 5.37. The van der Waals surface area contributed by atoms with E-state index in [9.17, 15) is 19.0 Å². The van der Waals surface area contributed by atoms with Crippen LogP contribution in [0.5, 0.6) is 0 Å². The average molecular weight is 1000 g/mol. The van der Waals surface area contributed by atoms with Gasteiger partial charge in [0.25, 0.3) is 0 Å². The maximum Gasteiger partial charge on any atom is 0.472 e. The van der Waals surface area contributed by atoms with Crippen molar-refractivity contribution in [1.82, 2.24) is 0 Å². The van der Waals surface area contributed by atoms with E-state index in [1.165, 1.54) is 12.8 Å². The normalized spacial score (nSPS) is 14.3. The minimum Gasteiger partial charge on any atom is -0.462 e. The monoisotopic (exact) mass is 1000 g/mol. The molecule has 2 atom stereocenters. The Kier molecular flexibility index (Phi) is 52.0. The maximum atomic E-state index is 12.7. The number of phosphoric acid groups is 1. The molecule has 0 aliphatic carbocycles. The second kappa shape index (κ2) is 55.2. The topological polar surface area (TPSA) is 134 Å². The van der Waals surface area contributed by atoms with Gasteiger partial charge >= 0.3 is 19.8 Å². The van der Waals surface area contributed by atoms with E-state index in [0.717, 1.165) is 141 Å². The lowest BCUT2D eigenvalue weighted by Gasteiger charge is -2.19. The smallest absolute Gasteiger partial charge is 0.462 e. The summed E-state index contributed by atoms with van der Waals surface area (Å²) in [4.78, 5) is 35.1. The molecule has 0 radical (unpaired) electrons. The van der Waals surface area contributed by atoms with E-state index in [1.54, 1.807) is 0 Å². The number of hydrogen-bond acceptors (Lipinski definition) is 8. The van der Waals surface area contributed by atoms with Crippen molar-refractivity contribution in [1.29, 1.82) is 0 Å². The first-order valence-corrected chi connectivity index (χ1v) is 28.8. The first-order valence-electron chi connectivity index (χ1n) is 27.3. The van der Waals surface area contributed by atoms with Gasteiger partial charge in [-0.15, -0.1) is 0 Å².